The lowest BCUT2D eigenvalue weighted by Crippen LogP contribution is -1.91. The third-order valence-electron chi connectivity index (χ3n) is 1.12. The third-order valence-corrected chi connectivity index (χ3v) is 2.70. The highest BCUT2D eigenvalue weighted by molar-refractivity contribution is 9.10. The fraction of sp³-hybridized carbons (Fsp3) is 0.167. The molecule has 0 saturated carbocycles. The molecule has 0 aliphatic carbocycles. The Morgan fingerprint density at radius 2 is 2.00 bits per heavy atom. The second-order valence-electron chi connectivity index (χ2n) is 1.93. The van der Waals surface area contributed by atoms with E-state index < -0.39 is 12.1 Å². The zero-order valence-corrected chi connectivity index (χ0v) is 8.59. The third kappa shape index (κ3) is 2.06. The molecule has 1 nitrogen and oxygen atoms in total. The Bertz CT molecular complexity index is 283. The lowest BCUT2D eigenvalue weighted by molar-refractivity contribution is 0.146. The van der Waals surface area contributed by atoms with E-state index in [1.165, 1.54) is 0 Å². The number of halogens is 5. The van der Waals surface area contributed by atoms with Gasteiger partial charge in [0.1, 0.15) is 10.3 Å². The van der Waals surface area contributed by atoms with Gasteiger partial charge in [0.05, 0.1) is 10.0 Å². The van der Waals surface area contributed by atoms with Crippen LogP contribution in [0.4, 0.5) is 8.78 Å². The topological polar surface area (TPSA) is 12.9 Å². The second kappa shape index (κ2) is 3.85. The zero-order valence-electron chi connectivity index (χ0n) is 5.49. The number of hydrogen-bond donors (Lipinski definition) is 0. The van der Waals surface area contributed by atoms with Crippen LogP contribution in [0.5, 0.6) is 0 Å². The summed E-state index contributed by atoms with van der Waals surface area (Å²) in [6, 6.07) is 1.04. The average molecular weight is 277 g/mol. The van der Waals surface area contributed by atoms with Crippen LogP contribution in [0.2, 0.25) is 10.0 Å². The lowest BCUT2D eigenvalue weighted by Gasteiger charge is -2.02. The number of alkyl halides is 2. The van der Waals surface area contributed by atoms with Gasteiger partial charge in [-0.15, -0.1) is 0 Å². The van der Waals surface area contributed by atoms with Crippen molar-refractivity contribution in [3.63, 3.8) is 0 Å². The molecule has 1 aromatic heterocycles. The maximum absolute atomic E-state index is 12.1. The van der Waals surface area contributed by atoms with Crippen molar-refractivity contribution in [2.75, 3.05) is 0 Å². The van der Waals surface area contributed by atoms with Crippen molar-refractivity contribution in [1.82, 2.24) is 4.98 Å². The molecule has 6 heteroatoms. The van der Waals surface area contributed by atoms with Crippen molar-refractivity contribution in [2.45, 2.75) is 6.43 Å². The molecule has 0 amide bonds. The summed E-state index contributed by atoms with van der Waals surface area (Å²) in [5, 5.41) is 0.204. The van der Waals surface area contributed by atoms with E-state index in [0.29, 0.717) is 0 Å². The molecule has 0 bridgehead atoms. The molecule has 0 unspecified atom stereocenters. The van der Waals surface area contributed by atoms with Crippen molar-refractivity contribution >= 4 is 39.1 Å². The van der Waals surface area contributed by atoms with Gasteiger partial charge in [-0.25, -0.2) is 13.8 Å². The molecular formula is C6H2BrCl2F2N. The quantitative estimate of drug-likeness (QED) is 0.704. The summed E-state index contributed by atoms with van der Waals surface area (Å²) < 4.78 is 24.3. The first kappa shape index (κ1) is 10.2. The molecule has 0 aliphatic heterocycles. The number of aromatic nitrogens is 1. The molecule has 0 aliphatic rings. The highest BCUT2D eigenvalue weighted by atomic mass is 79.9. The fourth-order valence-corrected chi connectivity index (χ4v) is 1.43. The number of hydrogen-bond acceptors (Lipinski definition) is 1. The van der Waals surface area contributed by atoms with Gasteiger partial charge in [-0.05, 0) is 22.0 Å². The molecule has 66 valence electrons. The van der Waals surface area contributed by atoms with Crippen LogP contribution in [0, 0.1) is 0 Å². The number of pyridine rings is 1. The van der Waals surface area contributed by atoms with Crippen molar-refractivity contribution < 1.29 is 8.78 Å². The maximum atomic E-state index is 12.1. The Balaban J connectivity index is 3.21. The van der Waals surface area contributed by atoms with Gasteiger partial charge < -0.3 is 0 Å². The second-order valence-corrected chi connectivity index (χ2v) is 3.47. The first-order valence-corrected chi connectivity index (χ1v) is 4.37. The van der Waals surface area contributed by atoms with E-state index in [4.69, 9.17) is 23.2 Å². The summed E-state index contributed by atoms with van der Waals surface area (Å²) >= 11 is 14.0. The van der Waals surface area contributed by atoms with Gasteiger partial charge in [-0.1, -0.05) is 23.2 Å². The Labute approximate surface area is 85.8 Å². The van der Waals surface area contributed by atoms with E-state index in [0.717, 1.165) is 6.07 Å². The van der Waals surface area contributed by atoms with E-state index in [-0.39, 0.29) is 14.6 Å². The standard InChI is InChI=1S/C6H2BrCl2F2N/c7-5-4(9)2(8)1-3(12-5)6(10)11/h1,6H. The van der Waals surface area contributed by atoms with Gasteiger partial charge in [-0.2, -0.15) is 0 Å². The monoisotopic (exact) mass is 275 g/mol. The highest BCUT2D eigenvalue weighted by Gasteiger charge is 2.13. The van der Waals surface area contributed by atoms with E-state index in [9.17, 15) is 8.78 Å². The number of rotatable bonds is 1. The van der Waals surface area contributed by atoms with Gasteiger partial charge in [0.15, 0.2) is 0 Å². The molecule has 0 radical (unpaired) electrons. The summed E-state index contributed by atoms with van der Waals surface area (Å²) in [4.78, 5) is 3.48. The summed E-state index contributed by atoms with van der Waals surface area (Å²) in [5.74, 6) is 0. The summed E-state index contributed by atoms with van der Waals surface area (Å²) in [6.07, 6.45) is -2.64. The summed E-state index contributed by atoms with van der Waals surface area (Å²) in [6.45, 7) is 0. The summed E-state index contributed by atoms with van der Waals surface area (Å²) in [5.41, 5.74) is -0.392. The molecule has 0 spiro atoms. The Morgan fingerprint density at radius 1 is 1.42 bits per heavy atom. The minimum Gasteiger partial charge on any atom is -0.238 e. The Kier molecular flexibility index (Phi) is 3.26. The van der Waals surface area contributed by atoms with Gasteiger partial charge >= 0.3 is 0 Å². The Morgan fingerprint density at radius 3 is 2.42 bits per heavy atom. The minimum absolute atomic E-state index is 0.0637. The molecule has 1 rings (SSSR count). The van der Waals surface area contributed by atoms with Crippen molar-refractivity contribution in [3.05, 3.63) is 26.4 Å². The van der Waals surface area contributed by atoms with Crippen LogP contribution in [0.15, 0.2) is 10.7 Å². The molecule has 0 aromatic carbocycles. The van der Waals surface area contributed by atoms with Crippen molar-refractivity contribution in [1.29, 1.82) is 0 Å². The highest BCUT2D eigenvalue weighted by Crippen LogP contribution is 2.31. The summed E-state index contributed by atoms with van der Waals surface area (Å²) in [7, 11) is 0. The van der Waals surface area contributed by atoms with Crippen LogP contribution < -0.4 is 0 Å². The first-order chi connectivity index (χ1) is 5.52. The SMILES string of the molecule is FC(F)c1cc(Cl)c(Cl)c(Br)n1. The molecule has 12 heavy (non-hydrogen) atoms. The zero-order chi connectivity index (χ0) is 9.30. The van der Waals surface area contributed by atoms with Crippen LogP contribution in [0.1, 0.15) is 12.1 Å². The molecule has 0 saturated heterocycles. The predicted octanol–water partition coefficient (Wildman–Crippen LogP) is 4.09. The van der Waals surface area contributed by atoms with Gasteiger partial charge in [0.2, 0.25) is 0 Å². The Hall–Kier alpha value is 0.0700. The van der Waals surface area contributed by atoms with Crippen LogP contribution in [-0.4, -0.2) is 4.98 Å². The molecule has 0 fully saturated rings. The van der Waals surface area contributed by atoms with E-state index >= 15 is 0 Å². The fourth-order valence-electron chi connectivity index (χ4n) is 0.598. The van der Waals surface area contributed by atoms with E-state index in [1.54, 1.807) is 0 Å². The minimum atomic E-state index is -2.64. The van der Waals surface area contributed by atoms with Crippen molar-refractivity contribution in [2.24, 2.45) is 0 Å². The molecule has 0 N–H and O–H groups in total. The predicted molar refractivity (Wildman–Crippen MR) is 46.9 cm³/mol. The molecular weight excluding hydrogens is 275 g/mol. The van der Waals surface area contributed by atoms with Crippen LogP contribution in [0.3, 0.4) is 0 Å². The lowest BCUT2D eigenvalue weighted by atomic mass is 10.4. The molecule has 1 heterocycles. The number of nitrogens with zero attached hydrogens (tertiary/aromatic N) is 1. The molecule has 0 atom stereocenters. The van der Waals surface area contributed by atoms with Crippen molar-refractivity contribution in [3.8, 4) is 0 Å². The van der Waals surface area contributed by atoms with E-state index in [1.807, 2.05) is 0 Å². The smallest absolute Gasteiger partial charge is 0.238 e. The van der Waals surface area contributed by atoms with Gasteiger partial charge in [-0.3, -0.25) is 0 Å². The first-order valence-electron chi connectivity index (χ1n) is 2.82. The normalized spacial score (nSPS) is 10.8. The largest absolute Gasteiger partial charge is 0.280 e. The average Bonchev–Trinajstić information content (AvgIpc) is 1.99. The van der Waals surface area contributed by atoms with Crippen LogP contribution in [0.25, 0.3) is 0 Å². The van der Waals surface area contributed by atoms with Gasteiger partial charge in [0.25, 0.3) is 6.43 Å². The maximum Gasteiger partial charge on any atom is 0.280 e. The van der Waals surface area contributed by atoms with E-state index in [2.05, 4.69) is 20.9 Å². The van der Waals surface area contributed by atoms with Gasteiger partial charge in [0, 0.05) is 0 Å². The molecule has 1 aromatic rings. The van der Waals surface area contributed by atoms with Crippen LogP contribution >= 0.6 is 39.1 Å². The van der Waals surface area contributed by atoms with Crippen LogP contribution in [-0.2, 0) is 0 Å².